The van der Waals surface area contributed by atoms with Gasteiger partial charge in [-0.15, -0.1) is 0 Å². The highest BCUT2D eigenvalue weighted by atomic mass is 32.2. The molecule has 0 unspecified atom stereocenters. The molecule has 0 N–H and O–H groups in total. The molecular weight excluding hydrogens is 236 g/mol. The number of nitrogens with zero attached hydrogens (tertiary/aromatic N) is 2. The average molecular weight is 254 g/mol. The molecule has 17 heavy (non-hydrogen) atoms. The van der Waals surface area contributed by atoms with E-state index in [1.54, 1.807) is 0 Å². The molecule has 0 aromatic carbocycles. The second-order valence-corrected chi connectivity index (χ2v) is 7.46. The molecule has 3 heterocycles. The van der Waals surface area contributed by atoms with Gasteiger partial charge in [0.2, 0.25) is 0 Å². The molecule has 2 aliphatic heterocycles. The van der Waals surface area contributed by atoms with Gasteiger partial charge in [0.1, 0.15) is 15.7 Å². The third-order valence-corrected chi connectivity index (χ3v) is 5.62. The fourth-order valence-corrected chi connectivity index (χ4v) is 4.31. The van der Waals surface area contributed by atoms with Gasteiger partial charge in [0.25, 0.3) is 0 Å². The van der Waals surface area contributed by atoms with Crippen LogP contribution in [0.2, 0.25) is 0 Å². The Morgan fingerprint density at radius 1 is 1.24 bits per heavy atom. The van der Waals surface area contributed by atoms with E-state index in [-0.39, 0.29) is 0 Å². The Morgan fingerprint density at radius 3 is 2.71 bits per heavy atom. The molecule has 0 saturated carbocycles. The van der Waals surface area contributed by atoms with Crippen LogP contribution in [0.3, 0.4) is 0 Å². The second kappa shape index (κ2) is 4.12. The van der Waals surface area contributed by atoms with Crippen LogP contribution in [-0.2, 0) is 22.8 Å². The lowest BCUT2D eigenvalue weighted by Gasteiger charge is -2.19. The minimum atomic E-state index is -2.76. The van der Waals surface area contributed by atoms with Crippen molar-refractivity contribution in [2.24, 2.45) is 0 Å². The zero-order valence-corrected chi connectivity index (χ0v) is 10.7. The van der Waals surface area contributed by atoms with E-state index in [1.807, 2.05) is 0 Å². The lowest BCUT2D eigenvalue weighted by atomic mass is 10.00. The van der Waals surface area contributed by atoms with Crippen LogP contribution in [0.25, 0.3) is 0 Å². The van der Waals surface area contributed by atoms with Gasteiger partial charge in [-0.2, -0.15) is 0 Å². The molecule has 2 aliphatic rings. The molecule has 3 rings (SSSR count). The first kappa shape index (κ1) is 11.3. The van der Waals surface area contributed by atoms with E-state index >= 15 is 0 Å². The van der Waals surface area contributed by atoms with Crippen molar-refractivity contribution in [1.82, 2.24) is 9.55 Å². The molecule has 0 bridgehead atoms. The Balaban J connectivity index is 1.79. The molecule has 0 amide bonds. The van der Waals surface area contributed by atoms with Crippen LogP contribution in [-0.4, -0.2) is 29.5 Å². The van der Waals surface area contributed by atoms with Gasteiger partial charge in [0.05, 0.1) is 17.2 Å². The van der Waals surface area contributed by atoms with Crippen LogP contribution in [0.4, 0.5) is 0 Å². The van der Waals surface area contributed by atoms with Crippen molar-refractivity contribution in [1.29, 1.82) is 0 Å². The van der Waals surface area contributed by atoms with Gasteiger partial charge in [-0.1, -0.05) is 0 Å². The van der Waals surface area contributed by atoms with Crippen LogP contribution in [0.5, 0.6) is 0 Å². The Morgan fingerprint density at radius 2 is 2.00 bits per heavy atom. The van der Waals surface area contributed by atoms with Gasteiger partial charge in [-0.3, -0.25) is 0 Å². The Hall–Kier alpha value is -0.840. The van der Waals surface area contributed by atoms with Crippen molar-refractivity contribution in [3.8, 4) is 0 Å². The SMILES string of the molecule is O=S1(=O)CCC(c2cn3c(n2)CCCC3)CC1. The number of aromatic nitrogens is 2. The van der Waals surface area contributed by atoms with Gasteiger partial charge >= 0.3 is 0 Å². The fraction of sp³-hybridized carbons (Fsp3) is 0.750. The maximum Gasteiger partial charge on any atom is 0.150 e. The number of aryl methyl sites for hydroxylation is 2. The third kappa shape index (κ3) is 2.25. The zero-order valence-electron chi connectivity index (χ0n) is 9.93. The van der Waals surface area contributed by atoms with Gasteiger partial charge in [-0.25, -0.2) is 13.4 Å². The van der Waals surface area contributed by atoms with E-state index < -0.39 is 9.84 Å². The summed E-state index contributed by atoms with van der Waals surface area (Å²) in [4.78, 5) is 4.69. The predicted molar refractivity (Wildman–Crippen MR) is 65.8 cm³/mol. The summed E-state index contributed by atoms with van der Waals surface area (Å²) in [5.74, 6) is 2.22. The molecular formula is C12H18N2O2S. The van der Waals surface area contributed by atoms with E-state index in [9.17, 15) is 8.42 Å². The summed E-state index contributed by atoms with van der Waals surface area (Å²) in [7, 11) is -2.76. The van der Waals surface area contributed by atoms with E-state index in [0.29, 0.717) is 17.4 Å². The van der Waals surface area contributed by atoms with E-state index in [2.05, 4.69) is 10.8 Å². The predicted octanol–water partition coefficient (Wildman–Crippen LogP) is 1.51. The largest absolute Gasteiger partial charge is 0.335 e. The van der Waals surface area contributed by atoms with E-state index in [0.717, 1.165) is 31.5 Å². The van der Waals surface area contributed by atoms with E-state index in [4.69, 9.17) is 4.98 Å². The standard InChI is InChI=1S/C12H18N2O2S/c15-17(16)7-4-10(5-8-17)11-9-14-6-2-1-3-12(14)13-11/h9-10H,1-8H2. The summed E-state index contributed by atoms with van der Waals surface area (Å²) in [5.41, 5.74) is 1.12. The van der Waals surface area contributed by atoms with Crippen LogP contribution in [0, 0.1) is 0 Å². The Bertz CT molecular complexity index is 481. The second-order valence-electron chi connectivity index (χ2n) is 5.16. The molecule has 0 aliphatic carbocycles. The Kier molecular flexibility index (Phi) is 2.73. The first-order valence-corrected chi connectivity index (χ1v) is 8.22. The summed E-state index contributed by atoms with van der Waals surface area (Å²) >= 11 is 0. The highest BCUT2D eigenvalue weighted by Gasteiger charge is 2.27. The lowest BCUT2D eigenvalue weighted by molar-refractivity contribution is 0.522. The molecule has 1 saturated heterocycles. The highest BCUT2D eigenvalue weighted by Crippen LogP contribution is 2.29. The monoisotopic (exact) mass is 254 g/mol. The van der Waals surface area contributed by atoms with Crippen LogP contribution >= 0.6 is 0 Å². The van der Waals surface area contributed by atoms with Crippen molar-refractivity contribution in [3.05, 3.63) is 17.7 Å². The van der Waals surface area contributed by atoms with Crippen molar-refractivity contribution in [2.75, 3.05) is 11.5 Å². The minimum Gasteiger partial charge on any atom is -0.335 e. The summed E-state index contributed by atoms with van der Waals surface area (Å²) in [6, 6.07) is 0. The maximum atomic E-state index is 11.4. The van der Waals surface area contributed by atoms with Gasteiger partial charge in [0, 0.05) is 25.1 Å². The number of imidazole rings is 1. The van der Waals surface area contributed by atoms with Crippen molar-refractivity contribution in [3.63, 3.8) is 0 Å². The number of hydrogen-bond acceptors (Lipinski definition) is 3. The van der Waals surface area contributed by atoms with Crippen molar-refractivity contribution >= 4 is 9.84 Å². The topological polar surface area (TPSA) is 52.0 Å². The molecule has 0 atom stereocenters. The van der Waals surface area contributed by atoms with Gasteiger partial charge < -0.3 is 4.57 Å². The van der Waals surface area contributed by atoms with Crippen LogP contribution in [0.1, 0.15) is 43.1 Å². The molecule has 1 fully saturated rings. The quantitative estimate of drug-likeness (QED) is 0.763. The summed E-state index contributed by atoms with van der Waals surface area (Å²) in [5, 5.41) is 0. The lowest BCUT2D eigenvalue weighted by Crippen LogP contribution is -2.22. The zero-order chi connectivity index (χ0) is 11.9. The first-order chi connectivity index (χ1) is 8.14. The first-order valence-electron chi connectivity index (χ1n) is 6.40. The molecule has 0 spiro atoms. The Labute approximate surface area is 102 Å². The number of sulfone groups is 1. The van der Waals surface area contributed by atoms with Crippen molar-refractivity contribution in [2.45, 2.75) is 44.6 Å². The summed E-state index contributed by atoms with van der Waals surface area (Å²) in [6.07, 6.45) is 7.19. The number of fused-ring (bicyclic) bond motifs is 1. The fourth-order valence-electron chi connectivity index (χ4n) is 2.82. The molecule has 4 nitrogen and oxygen atoms in total. The molecule has 0 radical (unpaired) electrons. The number of rotatable bonds is 1. The molecule has 1 aromatic heterocycles. The van der Waals surface area contributed by atoms with Crippen molar-refractivity contribution < 1.29 is 8.42 Å². The normalized spacial score (nSPS) is 24.5. The highest BCUT2D eigenvalue weighted by molar-refractivity contribution is 7.91. The molecule has 5 heteroatoms. The molecule has 94 valence electrons. The van der Waals surface area contributed by atoms with Gasteiger partial charge in [-0.05, 0) is 25.7 Å². The van der Waals surface area contributed by atoms with Crippen LogP contribution in [0.15, 0.2) is 6.20 Å². The average Bonchev–Trinajstić information content (AvgIpc) is 2.72. The van der Waals surface area contributed by atoms with E-state index in [1.165, 1.54) is 18.7 Å². The summed E-state index contributed by atoms with van der Waals surface area (Å²) < 4.78 is 25.0. The smallest absolute Gasteiger partial charge is 0.150 e. The summed E-state index contributed by atoms with van der Waals surface area (Å²) in [6.45, 7) is 1.08. The third-order valence-electron chi connectivity index (χ3n) is 3.90. The maximum absolute atomic E-state index is 11.4. The van der Waals surface area contributed by atoms with Crippen LogP contribution < -0.4 is 0 Å². The molecule has 1 aromatic rings. The minimum absolute atomic E-state index is 0.333. The number of hydrogen-bond donors (Lipinski definition) is 0. The van der Waals surface area contributed by atoms with Gasteiger partial charge in [0.15, 0.2) is 0 Å².